The Morgan fingerprint density at radius 2 is 1.44 bits per heavy atom. The molecule has 7 amide bonds. The molecule has 514 valence electrons. The molecule has 15 N–H and O–H groups in total. The number of fused-ring (bicyclic) bond motifs is 3. The number of amides is 7. The smallest absolute Gasteiger partial charge is 0.446 e. The number of aliphatic hydroxyl groups is 6. The number of hydrogen-bond acceptors (Lipinski definition) is 23. The lowest BCUT2D eigenvalue weighted by Crippen LogP contribution is -2.64. The number of nitrogens with one attached hydrogen (secondary N) is 5. The van der Waals surface area contributed by atoms with Gasteiger partial charge in [0.25, 0.3) is 5.91 Å². The Kier molecular flexibility index (Phi) is 22.1. The highest BCUT2D eigenvalue weighted by molar-refractivity contribution is 7.81. The van der Waals surface area contributed by atoms with Crippen LogP contribution in [-0.2, 0) is 45.6 Å². The fourth-order valence-corrected chi connectivity index (χ4v) is 14.3. The van der Waals surface area contributed by atoms with E-state index in [-0.39, 0.29) is 30.6 Å². The van der Waals surface area contributed by atoms with Crippen LogP contribution in [0.15, 0.2) is 72.9 Å². The molecule has 5 fully saturated rings. The number of benzene rings is 3. The Morgan fingerprint density at radius 3 is 2.11 bits per heavy atom. The first kappa shape index (κ1) is 69.9. The van der Waals surface area contributed by atoms with Crippen molar-refractivity contribution in [2.24, 2.45) is 11.7 Å². The zero-order valence-corrected chi connectivity index (χ0v) is 53.8. The molecule has 6 heterocycles. The van der Waals surface area contributed by atoms with E-state index in [4.69, 9.17) is 15.8 Å². The van der Waals surface area contributed by atoms with Gasteiger partial charge >= 0.3 is 10.4 Å². The van der Waals surface area contributed by atoms with Gasteiger partial charge in [0.2, 0.25) is 40.4 Å². The van der Waals surface area contributed by atoms with Gasteiger partial charge in [0.15, 0.2) is 11.5 Å². The Bertz CT molecular complexity index is 3680. The molecular weight excluding hydrogens is 1280 g/mol. The van der Waals surface area contributed by atoms with Crippen LogP contribution in [0.25, 0.3) is 26.8 Å². The number of nitrogens with zero attached hydrogens (tertiary/aromatic N) is 7. The molecule has 0 radical (unpaired) electrons. The monoisotopic (exact) mass is 1360 g/mol. The van der Waals surface area contributed by atoms with Crippen LogP contribution in [0.1, 0.15) is 81.1 Å². The van der Waals surface area contributed by atoms with E-state index in [9.17, 15) is 82.3 Å². The van der Waals surface area contributed by atoms with Crippen LogP contribution in [0.4, 0.5) is 5.69 Å². The van der Waals surface area contributed by atoms with Crippen molar-refractivity contribution < 1.29 is 86.5 Å². The van der Waals surface area contributed by atoms with Gasteiger partial charge in [-0.15, -0.1) is 0 Å². The van der Waals surface area contributed by atoms with Gasteiger partial charge in [-0.3, -0.25) is 43.0 Å². The second-order valence-electron chi connectivity index (χ2n) is 25.1. The Morgan fingerprint density at radius 1 is 0.779 bits per heavy atom. The predicted octanol–water partition coefficient (Wildman–Crippen LogP) is -2.24. The first-order valence-electron chi connectivity index (χ1n) is 31.7. The van der Waals surface area contributed by atoms with Gasteiger partial charge in [0.1, 0.15) is 41.3 Å². The third-order valence-corrected chi connectivity index (χ3v) is 19.6. The van der Waals surface area contributed by atoms with Crippen molar-refractivity contribution in [2.75, 3.05) is 57.3 Å². The van der Waals surface area contributed by atoms with Gasteiger partial charge in [-0.25, -0.2) is 9.50 Å². The lowest BCUT2D eigenvalue weighted by molar-refractivity contribution is -0.147. The number of anilines is 1. The number of carbonyl (C=O) groups is 7. The summed E-state index contributed by atoms with van der Waals surface area (Å²) in [6.45, 7) is 4.78. The van der Waals surface area contributed by atoms with Crippen LogP contribution in [0.2, 0.25) is 0 Å². The molecule has 4 saturated heterocycles. The van der Waals surface area contributed by atoms with E-state index in [1.54, 1.807) is 22.8 Å². The summed E-state index contributed by atoms with van der Waals surface area (Å²) in [6.07, 6.45) is -4.46. The standard InChI is InChI=1S/C62H81N13O18S2/c1-32-29-74-52(53(32)82)58(87)64-28-40(77)26-42(65-54(83)36-11-9-35(10-12-36)43-31-75-62(66-43)94-59(70-75)37-13-15-39(16-14-37)72-22-20-71(21-23-72)38-6-4-3-5-7-38)55(84)67-49(33(2)76)60(88)73-30-41(78)27-44(73)56(85)68-50(57(86)69-51(61(74)89)46(80)18-19-63)47(81)24-34-8-17-45(79)48(25-34)93-95(90,91)92/h8-17,25,31-33,38,40-42,44,46-47,49-53,76-82H,3-7,18-24,26-30,63H2,1-2H3,(H,64,87)(H,65,83)(H,67,84)(H,68,85)(H,69,86)(H,90,91,92)/t32-,33+,40+,41+,42?,44?,46-,47+,49-,50-,51?,52?,53-/m0/s1. The summed E-state index contributed by atoms with van der Waals surface area (Å²) in [5, 5.41) is 96.4. The number of carbonyl (C=O) groups excluding carboxylic acids is 7. The van der Waals surface area contributed by atoms with Gasteiger partial charge in [-0.1, -0.05) is 55.7 Å². The minimum Gasteiger partial charge on any atom is -0.504 e. The highest BCUT2D eigenvalue weighted by Gasteiger charge is 2.50. The summed E-state index contributed by atoms with van der Waals surface area (Å²) < 4.78 is 38.6. The summed E-state index contributed by atoms with van der Waals surface area (Å²) in [5.41, 5.74) is 8.95. The number of phenols is 1. The van der Waals surface area contributed by atoms with E-state index >= 15 is 0 Å². The second-order valence-corrected chi connectivity index (χ2v) is 27.1. The van der Waals surface area contributed by atoms with Crippen LogP contribution in [-0.4, -0.2) is 251 Å². The quantitative estimate of drug-likeness (QED) is 0.0493. The van der Waals surface area contributed by atoms with Crippen LogP contribution in [0, 0.1) is 5.92 Å². The van der Waals surface area contributed by atoms with Crippen molar-refractivity contribution in [3.8, 4) is 33.3 Å². The number of rotatable bonds is 15. The molecule has 4 unspecified atom stereocenters. The van der Waals surface area contributed by atoms with Crippen LogP contribution < -0.4 is 41.4 Å². The number of aromatic nitrogens is 3. The minimum absolute atomic E-state index is 0.0186. The molecule has 31 nitrogen and oxygen atoms in total. The summed E-state index contributed by atoms with van der Waals surface area (Å²) in [7, 11) is -5.21. The van der Waals surface area contributed by atoms with Crippen molar-refractivity contribution in [1.82, 2.24) is 55.9 Å². The zero-order chi connectivity index (χ0) is 68.2. The normalized spacial score (nSPS) is 26.9. The molecule has 1 saturated carbocycles. The fourth-order valence-electron chi connectivity index (χ4n) is 13.1. The Hall–Kier alpha value is -7.96. The fraction of sp³-hybridized carbons (Fsp3) is 0.532. The lowest BCUT2D eigenvalue weighted by atomic mass is 9.94. The maximum Gasteiger partial charge on any atom is 0.446 e. The predicted molar refractivity (Wildman–Crippen MR) is 341 cm³/mol. The molecule has 0 spiro atoms. The molecule has 4 aliphatic heterocycles. The summed E-state index contributed by atoms with van der Waals surface area (Å²) >= 11 is 1.40. The molecule has 33 heteroatoms. The van der Waals surface area contributed by atoms with Gasteiger partial charge in [0.05, 0.1) is 48.5 Å². The first-order chi connectivity index (χ1) is 45.2. The molecule has 5 aliphatic rings. The topological polar surface area (TPSA) is 454 Å². The third kappa shape index (κ3) is 16.5. The van der Waals surface area contributed by atoms with E-state index in [1.807, 2.05) is 0 Å². The Labute approximate surface area is 550 Å². The van der Waals surface area contributed by atoms with E-state index in [0.29, 0.717) is 22.3 Å². The maximum absolute atomic E-state index is 14.7. The minimum atomic E-state index is -5.21. The number of piperazine rings is 1. The summed E-state index contributed by atoms with van der Waals surface area (Å²) in [4.78, 5) is 114. The van der Waals surface area contributed by atoms with Gasteiger partial charge in [-0.05, 0) is 86.8 Å². The van der Waals surface area contributed by atoms with E-state index in [0.717, 1.165) is 77.4 Å². The molecule has 3 aromatic carbocycles. The SMILES string of the molecule is C[C@@H](O)[C@@H]1NC(=O)C(NC(=O)c2ccc(-c3cn4nc(-c5ccc(N6CCN(C7CCCCC7)CC6)cc5)sc4n3)cc2)C[C@@H](O)CNC(=O)C2[C@@H](O)[C@@H](C)CN2C(=O)C([C@@H](O)CCN)NC(=O)[C@H]([C@H](O)Cc2ccc(O)c(OS(=O)(=O)O)c2)NC(=O)C2C[C@@H](O)CN2C1=O. The average Bonchev–Trinajstić information content (AvgIpc) is 1.69. The largest absolute Gasteiger partial charge is 0.504 e. The summed E-state index contributed by atoms with van der Waals surface area (Å²) in [5.74, 6) is -10.5. The molecule has 95 heavy (non-hydrogen) atoms. The molecule has 0 bridgehead atoms. The molecule has 1 aliphatic carbocycles. The highest BCUT2D eigenvalue weighted by Crippen LogP contribution is 2.33. The van der Waals surface area contributed by atoms with Crippen molar-refractivity contribution in [1.29, 1.82) is 0 Å². The number of nitrogens with two attached hydrogens (primary N) is 1. The van der Waals surface area contributed by atoms with Gasteiger partial charge in [-0.2, -0.15) is 13.5 Å². The highest BCUT2D eigenvalue weighted by atomic mass is 32.3. The van der Waals surface area contributed by atoms with Crippen molar-refractivity contribution in [3.63, 3.8) is 0 Å². The maximum atomic E-state index is 14.7. The number of aliphatic hydroxyl groups excluding tert-OH is 6. The van der Waals surface area contributed by atoms with E-state index in [1.165, 1.54) is 62.5 Å². The molecule has 10 rings (SSSR count). The molecule has 2 aromatic heterocycles. The molecule has 13 atom stereocenters. The molecular formula is C62H81N13O18S2. The first-order valence-corrected chi connectivity index (χ1v) is 33.9. The van der Waals surface area contributed by atoms with Crippen molar-refractivity contribution >= 4 is 73.7 Å². The molecule has 5 aromatic rings. The van der Waals surface area contributed by atoms with Crippen LogP contribution in [0.3, 0.4) is 0 Å². The van der Waals surface area contributed by atoms with Crippen molar-refractivity contribution in [3.05, 3.63) is 84.1 Å². The second kappa shape index (κ2) is 30.0. The average molecular weight is 1360 g/mol. The number of aromatic hydroxyl groups is 1. The van der Waals surface area contributed by atoms with Crippen LogP contribution >= 0.6 is 11.3 Å². The van der Waals surface area contributed by atoms with E-state index < -0.39 is 174 Å². The lowest BCUT2D eigenvalue weighted by Gasteiger charge is -2.41. The Balaban J connectivity index is 0.884. The number of phenolic OH excluding ortho intramolecular Hbond substituents is 1. The van der Waals surface area contributed by atoms with Crippen LogP contribution in [0.5, 0.6) is 11.5 Å². The number of imidazole rings is 1. The van der Waals surface area contributed by atoms with Gasteiger partial charge < -0.3 is 86.9 Å². The summed E-state index contributed by atoms with van der Waals surface area (Å²) in [6, 6.07) is 6.73. The van der Waals surface area contributed by atoms with Gasteiger partial charge in [0, 0.05) is 99.4 Å². The van der Waals surface area contributed by atoms with E-state index in [2.05, 4.69) is 64.8 Å². The third-order valence-electron chi connectivity index (χ3n) is 18.2. The number of hydrogen-bond donors (Lipinski definition) is 14. The van der Waals surface area contributed by atoms with Crippen molar-refractivity contribution in [2.45, 2.75) is 151 Å². The number of β-amino-alcohol motifs (C(OH)–C–C–N with tert-alkyl or cyclic N) is 1. The zero-order valence-electron chi connectivity index (χ0n) is 52.2.